The molecule has 0 spiro atoms. The average molecular weight is 466 g/mol. The zero-order valence-corrected chi connectivity index (χ0v) is 19.1. The Morgan fingerprint density at radius 2 is 1.82 bits per heavy atom. The SMILES string of the molecule is COc1ccc(OCCCOc2ccc(/C=C(/C#N)C(=O)Nc3nccs3)cc2OC)cc1. The van der Waals surface area contributed by atoms with Gasteiger partial charge < -0.3 is 18.9 Å². The number of ether oxygens (including phenoxy) is 4. The summed E-state index contributed by atoms with van der Waals surface area (Å²) in [5, 5.41) is 14.1. The number of nitriles is 1. The molecule has 9 heteroatoms. The molecule has 3 rings (SSSR count). The molecule has 0 saturated heterocycles. The summed E-state index contributed by atoms with van der Waals surface area (Å²) in [6, 6.07) is 14.5. The first-order valence-electron chi connectivity index (χ1n) is 10.0. The minimum atomic E-state index is -0.524. The molecule has 8 nitrogen and oxygen atoms in total. The molecule has 2 aromatic carbocycles. The normalized spacial score (nSPS) is 10.8. The Balaban J connectivity index is 1.54. The lowest BCUT2D eigenvalue weighted by Crippen LogP contribution is -2.13. The number of benzene rings is 2. The quantitative estimate of drug-likeness (QED) is 0.252. The number of hydrogen-bond acceptors (Lipinski definition) is 8. The Morgan fingerprint density at radius 1 is 1.06 bits per heavy atom. The van der Waals surface area contributed by atoms with Crippen LogP contribution >= 0.6 is 11.3 Å². The first kappa shape index (κ1) is 23.6. The zero-order chi connectivity index (χ0) is 23.5. The van der Waals surface area contributed by atoms with E-state index < -0.39 is 5.91 Å². The zero-order valence-electron chi connectivity index (χ0n) is 18.2. The number of thiazole rings is 1. The van der Waals surface area contributed by atoms with Gasteiger partial charge in [0.1, 0.15) is 23.1 Å². The molecule has 0 fully saturated rings. The number of carbonyl (C=O) groups excluding carboxylic acids is 1. The molecule has 33 heavy (non-hydrogen) atoms. The van der Waals surface area contributed by atoms with Crippen LogP contribution in [0.4, 0.5) is 5.13 Å². The van der Waals surface area contributed by atoms with Crippen LogP contribution in [0.25, 0.3) is 6.08 Å². The maximum Gasteiger partial charge on any atom is 0.268 e. The molecule has 3 aromatic rings. The van der Waals surface area contributed by atoms with E-state index in [-0.39, 0.29) is 5.57 Å². The number of aromatic nitrogens is 1. The van der Waals surface area contributed by atoms with Gasteiger partial charge in [-0.3, -0.25) is 10.1 Å². The Labute approximate surface area is 196 Å². The first-order chi connectivity index (χ1) is 16.1. The lowest BCUT2D eigenvalue weighted by Gasteiger charge is -2.12. The van der Waals surface area contributed by atoms with Gasteiger partial charge in [-0.25, -0.2) is 4.98 Å². The van der Waals surface area contributed by atoms with Gasteiger partial charge >= 0.3 is 0 Å². The number of anilines is 1. The fraction of sp³-hybridized carbons (Fsp3) is 0.208. The Hall–Kier alpha value is -4.03. The Kier molecular flexibility index (Phi) is 8.68. The third kappa shape index (κ3) is 6.98. The van der Waals surface area contributed by atoms with Crippen LogP contribution in [0.5, 0.6) is 23.0 Å². The lowest BCUT2D eigenvalue weighted by atomic mass is 10.1. The van der Waals surface area contributed by atoms with Crippen molar-refractivity contribution in [3.63, 3.8) is 0 Å². The standard InChI is InChI=1S/C24H23N3O5S/c1-29-19-5-7-20(8-6-19)31-11-3-12-32-21-9-4-17(15-22(21)30-2)14-18(16-25)23(28)27-24-26-10-13-33-24/h4-10,13-15H,3,11-12H2,1-2H3,(H,26,27,28)/b18-14-. The molecule has 0 atom stereocenters. The van der Waals surface area contributed by atoms with Crippen molar-refractivity contribution in [1.82, 2.24) is 4.98 Å². The van der Waals surface area contributed by atoms with Crippen molar-refractivity contribution < 1.29 is 23.7 Å². The number of hydrogen-bond donors (Lipinski definition) is 1. The fourth-order valence-corrected chi connectivity index (χ4v) is 3.29. The summed E-state index contributed by atoms with van der Waals surface area (Å²) < 4.78 is 22.0. The number of amides is 1. The molecule has 1 heterocycles. The molecule has 0 radical (unpaired) electrons. The summed E-state index contributed by atoms with van der Waals surface area (Å²) in [6.45, 7) is 0.927. The predicted molar refractivity (Wildman–Crippen MR) is 126 cm³/mol. The van der Waals surface area contributed by atoms with Crippen LogP contribution in [0, 0.1) is 11.3 Å². The van der Waals surface area contributed by atoms with Crippen molar-refractivity contribution in [3.05, 3.63) is 65.2 Å². The van der Waals surface area contributed by atoms with Crippen molar-refractivity contribution in [2.75, 3.05) is 32.8 Å². The molecule has 0 aliphatic carbocycles. The molecule has 1 aromatic heterocycles. The van der Waals surface area contributed by atoms with Crippen LogP contribution in [-0.2, 0) is 4.79 Å². The van der Waals surface area contributed by atoms with Crippen LogP contribution in [0.1, 0.15) is 12.0 Å². The second-order valence-electron chi connectivity index (χ2n) is 6.60. The Bertz CT molecular complexity index is 1120. The number of nitrogens with zero attached hydrogens (tertiary/aromatic N) is 2. The Morgan fingerprint density at radius 3 is 2.48 bits per heavy atom. The van der Waals surface area contributed by atoms with E-state index in [1.165, 1.54) is 24.5 Å². The van der Waals surface area contributed by atoms with Gasteiger partial charge in [-0.1, -0.05) is 6.07 Å². The second-order valence-corrected chi connectivity index (χ2v) is 7.49. The number of rotatable bonds is 11. The summed E-state index contributed by atoms with van der Waals surface area (Å²) in [4.78, 5) is 16.3. The minimum Gasteiger partial charge on any atom is -0.497 e. The largest absolute Gasteiger partial charge is 0.497 e. The van der Waals surface area contributed by atoms with Crippen molar-refractivity contribution in [2.24, 2.45) is 0 Å². The summed E-state index contributed by atoms with van der Waals surface area (Å²) in [6.07, 6.45) is 3.73. The summed E-state index contributed by atoms with van der Waals surface area (Å²) in [5.41, 5.74) is 0.587. The van der Waals surface area contributed by atoms with Crippen LogP contribution < -0.4 is 24.3 Å². The van der Waals surface area contributed by atoms with Crippen LogP contribution in [0.3, 0.4) is 0 Å². The molecular formula is C24H23N3O5S. The number of carbonyl (C=O) groups is 1. The highest BCUT2D eigenvalue weighted by molar-refractivity contribution is 7.13. The molecule has 0 aliphatic rings. The monoisotopic (exact) mass is 465 g/mol. The van der Waals surface area contributed by atoms with Crippen LogP contribution in [0.15, 0.2) is 59.6 Å². The number of methoxy groups -OCH3 is 2. The maximum atomic E-state index is 12.3. The van der Waals surface area contributed by atoms with Gasteiger partial charge in [0.15, 0.2) is 16.6 Å². The van der Waals surface area contributed by atoms with Gasteiger partial charge in [0.25, 0.3) is 5.91 Å². The fourth-order valence-electron chi connectivity index (χ4n) is 2.76. The van der Waals surface area contributed by atoms with E-state index in [1.807, 2.05) is 30.3 Å². The minimum absolute atomic E-state index is 0.0448. The summed E-state index contributed by atoms with van der Waals surface area (Å²) in [7, 11) is 3.15. The molecule has 0 bridgehead atoms. The van der Waals surface area contributed by atoms with E-state index in [0.717, 1.165) is 11.5 Å². The van der Waals surface area contributed by atoms with Crippen molar-refractivity contribution in [2.45, 2.75) is 6.42 Å². The van der Waals surface area contributed by atoms with Crippen molar-refractivity contribution >= 4 is 28.5 Å². The highest BCUT2D eigenvalue weighted by Gasteiger charge is 2.12. The van der Waals surface area contributed by atoms with Gasteiger partial charge in [-0.05, 0) is 48.0 Å². The summed E-state index contributed by atoms with van der Waals surface area (Å²) in [5.74, 6) is 2.07. The van der Waals surface area contributed by atoms with Gasteiger partial charge in [-0.2, -0.15) is 5.26 Å². The average Bonchev–Trinajstić information content (AvgIpc) is 3.36. The molecule has 0 saturated carbocycles. The van der Waals surface area contributed by atoms with Gasteiger partial charge in [0, 0.05) is 18.0 Å². The smallest absolute Gasteiger partial charge is 0.268 e. The topological polar surface area (TPSA) is 103 Å². The van der Waals surface area contributed by atoms with Crippen molar-refractivity contribution in [1.29, 1.82) is 5.26 Å². The molecule has 1 N–H and O–H groups in total. The van der Waals surface area contributed by atoms with E-state index in [2.05, 4.69) is 10.3 Å². The molecule has 0 aliphatic heterocycles. The number of nitrogens with one attached hydrogen (secondary N) is 1. The molecule has 1 amide bonds. The lowest BCUT2D eigenvalue weighted by molar-refractivity contribution is -0.112. The molecular weight excluding hydrogens is 442 g/mol. The van der Waals surface area contributed by atoms with E-state index in [9.17, 15) is 10.1 Å². The highest BCUT2D eigenvalue weighted by Crippen LogP contribution is 2.29. The summed E-state index contributed by atoms with van der Waals surface area (Å²) >= 11 is 1.27. The highest BCUT2D eigenvalue weighted by atomic mass is 32.1. The first-order valence-corrected chi connectivity index (χ1v) is 10.9. The van der Waals surface area contributed by atoms with Crippen LogP contribution in [0.2, 0.25) is 0 Å². The van der Waals surface area contributed by atoms with Crippen LogP contribution in [-0.4, -0.2) is 38.3 Å². The van der Waals surface area contributed by atoms with E-state index in [1.54, 1.807) is 36.9 Å². The van der Waals surface area contributed by atoms with E-state index >= 15 is 0 Å². The van der Waals surface area contributed by atoms with E-state index in [0.29, 0.717) is 41.8 Å². The van der Waals surface area contributed by atoms with Crippen molar-refractivity contribution in [3.8, 4) is 29.1 Å². The molecule has 0 unspecified atom stereocenters. The predicted octanol–water partition coefficient (Wildman–Crippen LogP) is 4.55. The van der Waals surface area contributed by atoms with Gasteiger partial charge in [0.2, 0.25) is 0 Å². The van der Waals surface area contributed by atoms with E-state index in [4.69, 9.17) is 18.9 Å². The maximum absolute atomic E-state index is 12.3. The third-order valence-electron chi connectivity index (χ3n) is 4.39. The van der Waals surface area contributed by atoms with Gasteiger partial charge in [-0.15, -0.1) is 11.3 Å². The van der Waals surface area contributed by atoms with Gasteiger partial charge in [0.05, 0.1) is 27.4 Å². The second kappa shape index (κ2) is 12.1. The third-order valence-corrected chi connectivity index (χ3v) is 5.08. The molecule has 170 valence electrons.